The predicted octanol–water partition coefficient (Wildman–Crippen LogP) is 9.04. The van der Waals surface area contributed by atoms with Crippen molar-refractivity contribution >= 4 is 149 Å². The molecule has 16 heteroatoms. The molecule has 1 N–H and O–H groups in total. The third kappa shape index (κ3) is 2.51. The van der Waals surface area contributed by atoms with Crippen LogP contribution in [0.5, 0.6) is 0 Å². The van der Waals surface area contributed by atoms with Crippen LogP contribution in [0.1, 0.15) is 23.0 Å². The SMILES string of the molecule is O=S(=O)(O)c1ccc2c(c1)[C@H]1[C@@H]([C@@H]3[C@@H]2[C@]2(Cl)C(Cl)=C(Cl)[C@]3(Cl)C2(Cl)Cl)[C@]2(Cl)C(Cl)=C(Cl)[C@]1(Cl)C2(Cl)Cl. The van der Waals surface area contributed by atoms with Crippen LogP contribution >= 0.6 is 139 Å². The minimum atomic E-state index is -4.65. The van der Waals surface area contributed by atoms with Crippen LogP contribution in [0.15, 0.2) is 43.2 Å². The molecule has 2 saturated carbocycles. The zero-order valence-electron chi connectivity index (χ0n) is 16.7. The lowest BCUT2D eigenvalue weighted by Crippen LogP contribution is -2.53. The summed E-state index contributed by atoms with van der Waals surface area (Å²) in [6.45, 7) is 0. The van der Waals surface area contributed by atoms with E-state index in [2.05, 4.69) is 0 Å². The Labute approximate surface area is 265 Å². The van der Waals surface area contributed by atoms with Gasteiger partial charge in [-0.05, 0) is 23.3 Å². The van der Waals surface area contributed by atoms with E-state index in [1.807, 2.05) is 0 Å². The maximum Gasteiger partial charge on any atom is 0.294 e. The monoisotopic (exact) mass is 748 g/mol. The molecule has 0 unspecified atom stereocenters. The molecule has 3 nitrogen and oxygen atoms in total. The Balaban J connectivity index is 1.80. The van der Waals surface area contributed by atoms with Crippen molar-refractivity contribution in [3.8, 4) is 0 Å². The van der Waals surface area contributed by atoms with Crippen LogP contribution < -0.4 is 0 Å². The van der Waals surface area contributed by atoms with Gasteiger partial charge in [0.1, 0.15) is 19.5 Å². The fourth-order valence-electron chi connectivity index (χ4n) is 7.04. The average Bonchev–Trinajstić information content (AvgIpc) is 3.12. The summed E-state index contributed by atoms with van der Waals surface area (Å²) >= 11 is 82.8. The number of hydrogen-bond donors (Lipinski definition) is 1. The quantitative estimate of drug-likeness (QED) is 0.230. The summed E-state index contributed by atoms with van der Waals surface area (Å²) in [5.74, 6) is -3.79. The first-order chi connectivity index (χ1) is 16.2. The minimum absolute atomic E-state index is 0.0783. The van der Waals surface area contributed by atoms with Gasteiger partial charge in [-0.25, -0.2) is 0 Å². The summed E-state index contributed by atoms with van der Waals surface area (Å²) in [4.78, 5) is -7.73. The lowest BCUT2D eigenvalue weighted by Gasteiger charge is -2.52. The maximum atomic E-state index is 12.1. The first-order valence-corrected chi connectivity index (χ1v) is 15.9. The van der Waals surface area contributed by atoms with Gasteiger partial charge in [0.2, 0.25) is 0 Å². The third-order valence-electron chi connectivity index (χ3n) is 8.40. The van der Waals surface area contributed by atoms with Gasteiger partial charge in [-0.1, -0.05) is 98.9 Å². The van der Waals surface area contributed by atoms with Gasteiger partial charge >= 0.3 is 0 Å². The van der Waals surface area contributed by atoms with Crippen molar-refractivity contribution in [1.29, 1.82) is 0 Å². The van der Waals surface area contributed by atoms with E-state index in [-0.39, 0.29) is 25.7 Å². The predicted molar refractivity (Wildman–Crippen MR) is 149 cm³/mol. The first-order valence-electron chi connectivity index (χ1n) is 9.96. The molecule has 0 aromatic heterocycles. The lowest BCUT2D eigenvalue weighted by molar-refractivity contribution is 0.201. The average molecular weight is 754 g/mol. The lowest BCUT2D eigenvalue weighted by atomic mass is 9.57. The number of benzene rings is 1. The van der Waals surface area contributed by atoms with Gasteiger partial charge in [0.15, 0.2) is 8.67 Å². The number of halogens is 12. The van der Waals surface area contributed by atoms with Gasteiger partial charge in [-0.15, -0.1) is 46.4 Å². The van der Waals surface area contributed by atoms with Crippen molar-refractivity contribution in [1.82, 2.24) is 0 Å². The Morgan fingerprint density at radius 1 is 0.611 bits per heavy atom. The van der Waals surface area contributed by atoms with Crippen LogP contribution in [0.25, 0.3) is 0 Å². The Bertz CT molecular complexity index is 1470. The number of fused-ring (bicyclic) bond motifs is 14. The number of alkyl halides is 8. The summed E-state index contributed by atoms with van der Waals surface area (Å²) in [6, 6.07) is 3.85. The van der Waals surface area contributed by atoms with E-state index >= 15 is 0 Å². The molecule has 2 fully saturated rings. The zero-order chi connectivity index (χ0) is 27.0. The van der Waals surface area contributed by atoms with Crippen molar-refractivity contribution in [2.24, 2.45) is 11.8 Å². The zero-order valence-corrected chi connectivity index (χ0v) is 26.6. The molecule has 5 aliphatic carbocycles. The smallest absolute Gasteiger partial charge is 0.282 e. The molecule has 0 heterocycles. The molecule has 0 amide bonds. The van der Waals surface area contributed by atoms with Gasteiger partial charge in [0.25, 0.3) is 10.1 Å². The number of rotatable bonds is 1. The van der Waals surface area contributed by atoms with Crippen molar-refractivity contribution in [2.45, 2.75) is 44.9 Å². The second kappa shape index (κ2) is 7.53. The largest absolute Gasteiger partial charge is 0.294 e. The van der Waals surface area contributed by atoms with E-state index in [4.69, 9.17) is 139 Å². The summed E-state index contributed by atoms with van der Waals surface area (Å²) in [7, 11) is -4.65. The van der Waals surface area contributed by atoms with Crippen molar-refractivity contribution in [3.05, 3.63) is 49.5 Å². The summed E-state index contributed by atoms with van der Waals surface area (Å²) in [5.41, 5.74) is 0.705. The number of allylic oxidation sites excluding steroid dienone is 4. The summed E-state index contributed by atoms with van der Waals surface area (Å²) in [5, 5.41) is -0.404. The molecule has 8 atom stereocenters. The summed E-state index contributed by atoms with van der Waals surface area (Å²) in [6.07, 6.45) is 0. The van der Waals surface area contributed by atoms with Gasteiger partial charge in [0, 0.05) is 23.7 Å². The second-order valence-corrected chi connectivity index (χ2v) is 17.5. The van der Waals surface area contributed by atoms with Crippen LogP contribution in [0.2, 0.25) is 0 Å². The van der Waals surface area contributed by atoms with Crippen LogP contribution in [0.3, 0.4) is 0 Å². The van der Waals surface area contributed by atoms with Crippen LogP contribution in [-0.2, 0) is 10.1 Å². The summed E-state index contributed by atoms with van der Waals surface area (Å²) < 4.78 is 29.9. The normalized spacial score (nSPS) is 47.4. The highest BCUT2D eigenvalue weighted by Crippen LogP contribution is 2.88. The van der Waals surface area contributed by atoms with Crippen molar-refractivity contribution in [3.63, 3.8) is 0 Å². The van der Waals surface area contributed by atoms with Crippen molar-refractivity contribution in [2.75, 3.05) is 0 Å². The molecule has 196 valence electrons. The standard InChI is InChI=1S/C20H8Cl12O3S/c21-11-13(23)17(27)9-7(15(11,25)19(17,29)30)5-2-1-4(36(33,34)35)3-6(5)8-10(9)18(28)14(24)12(22)16(8,26)20(18,31)32/h1-3,7-10H,(H,33,34,35)/t7-,8+,9+,10+,15+,16+,17+,18+/m1/s1. The Morgan fingerprint density at radius 3 is 1.36 bits per heavy atom. The van der Waals surface area contributed by atoms with E-state index in [0.29, 0.717) is 5.56 Å². The fraction of sp³-hybridized carbons (Fsp3) is 0.500. The molecule has 6 rings (SSSR count). The minimum Gasteiger partial charge on any atom is -0.282 e. The van der Waals surface area contributed by atoms with E-state index < -0.39 is 66.8 Å². The maximum absolute atomic E-state index is 12.1. The van der Waals surface area contributed by atoms with Gasteiger partial charge in [-0.2, -0.15) is 8.42 Å². The first kappa shape index (κ1) is 28.2. The van der Waals surface area contributed by atoms with Crippen molar-refractivity contribution < 1.29 is 13.0 Å². The fourth-order valence-corrected chi connectivity index (χ4v) is 13.6. The van der Waals surface area contributed by atoms with E-state index in [1.54, 1.807) is 0 Å². The van der Waals surface area contributed by atoms with Crippen LogP contribution in [0, 0.1) is 11.8 Å². The number of hydrogen-bond acceptors (Lipinski definition) is 2. The molecule has 1 aromatic rings. The highest BCUT2D eigenvalue weighted by molar-refractivity contribution is 7.85. The van der Waals surface area contributed by atoms with Crippen LogP contribution in [-0.4, -0.2) is 41.1 Å². The second-order valence-electron chi connectivity index (χ2n) is 9.52. The molecule has 0 spiro atoms. The third-order valence-corrected chi connectivity index (χ3v) is 17.8. The molecule has 0 saturated heterocycles. The van der Waals surface area contributed by atoms with Crippen LogP contribution in [0.4, 0.5) is 0 Å². The Hall–Kier alpha value is 2.09. The molecule has 0 radical (unpaired) electrons. The Kier molecular flexibility index (Phi) is 5.90. The molecule has 1 aromatic carbocycles. The van der Waals surface area contributed by atoms with Gasteiger partial charge < -0.3 is 0 Å². The van der Waals surface area contributed by atoms with E-state index in [0.717, 1.165) is 0 Å². The molecule has 0 aliphatic heterocycles. The highest BCUT2D eigenvalue weighted by atomic mass is 35.5. The topological polar surface area (TPSA) is 54.4 Å². The molecule has 5 aliphatic rings. The molecular weight excluding hydrogens is 746 g/mol. The van der Waals surface area contributed by atoms with Gasteiger partial charge in [-0.3, -0.25) is 4.55 Å². The molecular formula is C20H8Cl12O3S. The van der Waals surface area contributed by atoms with Gasteiger partial charge in [0.05, 0.1) is 25.0 Å². The highest BCUT2D eigenvalue weighted by Gasteiger charge is 2.91. The molecule has 36 heavy (non-hydrogen) atoms. The Morgan fingerprint density at radius 2 is 0.972 bits per heavy atom. The van der Waals surface area contributed by atoms with E-state index in [9.17, 15) is 13.0 Å². The molecule has 4 bridgehead atoms. The van der Waals surface area contributed by atoms with E-state index in [1.165, 1.54) is 18.2 Å².